The third kappa shape index (κ3) is 4.49. The van der Waals surface area contributed by atoms with Crippen molar-refractivity contribution in [2.45, 2.75) is 40.2 Å². The molecule has 18 heavy (non-hydrogen) atoms. The Morgan fingerprint density at radius 1 is 1.28 bits per heavy atom. The second kappa shape index (κ2) is 7.16. The smallest absolute Gasteiger partial charge is 0.132 e. The number of hydrogen-bond acceptors (Lipinski definition) is 5. The summed E-state index contributed by atoms with van der Waals surface area (Å²) in [5, 5.41) is 15.7. The molecule has 0 saturated heterocycles. The zero-order chi connectivity index (χ0) is 13.5. The van der Waals surface area contributed by atoms with E-state index in [-0.39, 0.29) is 18.6 Å². The van der Waals surface area contributed by atoms with Gasteiger partial charge in [-0.3, -0.25) is 0 Å². The molecule has 1 aromatic rings. The van der Waals surface area contributed by atoms with E-state index in [4.69, 9.17) is 5.11 Å². The fourth-order valence-corrected chi connectivity index (χ4v) is 1.52. The number of nitrogens with zero attached hydrogens (tertiary/aromatic N) is 2. The molecule has 0 aliphatic carbocycles. The molecule has 0 amide bonds. The normalized spacial score (nSPS) is 14.1. The third-order valence-electron chi connectivity index (χ3n) is 2.91. The predicted octanol–water partition coefficient (Wildman–Crippen LogP) is 2.04. The monoisotopic (exact) mass is 252 g/mol. The number of aliphatic hydroxyl groups is 1. The standard InChI is InChI=1S/C13H24N4O/c1-5-6-14-12-7-13(17-11(4)16-12)15-10(3)9(2)8-18/h7,9-10,18H,5-6,8H2,1-4H3,(H2,14,15,16,17). The molecule has 0 aliphatic heterocycles. The van der Waals surface area contributed by atoms with Gasteiger partial charge in [0.05, 0.1) is 0 Å². The van der Waals surface area contributed by atoms with Crippen molar-refractivity contribution in [3.8, 4) is 0 Å². The number of hydrogen-bond donors (Lipinski definition) is 3. The van der Waals surface area contributed by atoms with Gasteiger partial charge in [0.1, 0.15) is 17.5 Å². The Kier molecular flexibility index (Phi) is 5.85. The molecule has 1 rings (SSSR count). The maximum absolute atomic E-state index is 9.12. The molecule has 5 nitrogen and oxygen atoms in total. The van der Waals surface area contributed by atoms with Gasteiger partial charge >= 0.3 is 0 Å². The van der Waals surface area contributed by atoms with Crippen LogP contribution < -0.4 is 10.6 Å². The summed E-state index contributed by atoms with van der Waals surface area (Å²) in [6.07, 6.45) is 1.06. The second-order valence-corrected chi connectivity index (χ2v) is 4.71. The van der Waals surface area contributed by atoms with Crippen molar-refractivity contribution in [2.75, 3.05) is 23.8 Å². The number of aromatic nitrogens is 2. The molecule has 0 fully saturated rings. The molecule has 0 spiro atoms. The van der Waals surface area contributed by atoms with Crippen LogP contribution in [-0.2, 0) is 0 Å². The molecule has 1 aromatic heterocycles. The lowest BCUT2D eigenvalue weighted by Crippen LogP contribution is -2.27. The largest absolute Gasteiger partial charge is 0.396 e. The number of aliphatic hydroxyl groups excluding tert-OH is 1. The van der Waals surface area contributed by atoms with Gasteiger partial charge in [-0.1, -0.05) is 13.8 Å². The summed E-state index contributed by atoms with van der Waals surface area (Å²) < 4.78 is 0. The summed E-state index contributed by atoms with van der Waals surface area (Å²) in [7, 11) is 0. The predicted molar refractivity (Wildman–Crippen MR) is 74.9 cm³/mol. The number of rotatable bonds is 7. The lowest BCUT2D eigenvalue weighted by molar-refractivity contribution is 0.226. The average molecular weight is 252 g/mol. The molecule has 0 aromatic carbocycles. The third-order valence-corrected chi connectivity index (χ3v) is 2.91. The van der Waals surface area contributed by atoms with E-state index in [1.54, 1.807) is 0 Å². The van der Waals surface area contributed by atoms with Gasteiger partial charge in [-0.25, -0.2) is 9.97 Å². The zero-order valence-corrected chi connectivity index (χ0v) is 11.7. The van der Waals surface area contributed by atoms with Gasteiger partial charge in [-0.2, -0.15) is 0 Å². The van der Waals surface area contributed by atoms with Crippen molar-refractivity contribution in [3.63, 3.8) is 0 Å². The van der Waals surface area contributed by atoms with Crippen molar-refractivity contribution in [3.05, 3.63) is 11.9 Å². The lowest BCUT2D eigenvalue weighted by atomic mass is 10.1. The highest BCUT2D eigenvalue weighted by Crippen LogP contribution is 2.14. The highest BCUT2D eigenvalue weighted by Gasteiger charge is 2.12. The van der Waals surface area contributed by atoms with Crippen LogP contribution in [0.3, 0.4) is 0 Å². The molecule has 0 aliphatic rings. The summed E-state index contributed by atoms with van der Waals surface area (Å²) in [5.41, 5.74) is 0. The molecule has 0 radical (unpaired) electrons. The van der Waals surface area contributed by atoms with Gasteiger partial charge in [0.25, 0.3) is 0 Å². The Morgan fingerprint density at radius 3 is 2.56 bits per heavy atom. The van der Waals surface area contributed by atoms with E-state index in [1.165, 1.54) is 0 Å². The van der Waals surface area contributed by atoms with Crippen molar-refractivity contribution < 1.29 is 5.11 Å². The van der Waals surface area contributed by atoms with E-state index in [0.717, 1.165) is 30.4 Å². The van der Waals surface area contributed by atoms with Crippen molar-refractivity contribution in [2.24, 2.45) is 5.92 Å². The van der Waals surface area contributed by atoms with E-state index < -0.39 is 0 Å². The Labute approximate surface area is 109 Å². The van der Waals surface area contributed by atoms with Crippen LogP contribution in [0.4, 0.5) is 11.6 Å². The Morgan fingerprint density at radius 2 is 1.94 bits per heavy atom. The van der Waals surface area contributed by atoms with Crippen LogP contribution in [0.5, 0.6) is 0 Å². The van der Waals surface area contributed by atoms with Gasteiger partial charge < -0.3 is 15.7 Å². The first-order valence-electron chi connectivity index (χ1n) is 6.53. The van der Waals surface area contributed by atoms with Gasteiger partial charge in [0.2, 0.25) is 0 Å². The summed E-state index contributed by atoms with van der Waals surface area (Å²) >= 11 is 0. The van der Waals surface area contributed by atoms with Crippen LogP contribution in [0.25, 0.3) is 0 Å². The first-order valence-corrected chi connectivity index (χ1v) is 6.53. The van der Waals surface area contributed by atoms with Crippen molar-refractivity contribution in [1.29, 1.82) is 0 Å². The van der Waals surface area contributed by atoms with E-state index in [2.05, 4.69) is 27.5 Å². The Balaban J connectivity index is 2.73. The minimum Gasteiger partial charge on any atom is -0.396 e. The second-order valence-electron chi connectivity index (χ2n) is 4.71. The molecular weight excluding hydrogens is 228 g/mol. The van der Waals surface area contributed by atoms with Crippen LogP contribution in [0.2, 0.25) is 0 Å². The minimum atomic E-state index is 0.166. The summed E-state index contributed by atoms with van der Waals surface area (Å²) in [4.78, 5) is 8.69. The van der Waals surface area contributed by atoms with Gasteiger partial charge in [0.15, 0.2) is 0 Å². The van der Waals surface area contributed by atoms with Crippen molar-refractivity contribution in [1.82, 2.24) is 9.97 Å². The minimum absolute atomic E-state index is 0.166. The lowest BCUT2D eigenvalue weighted by Gasteiger charge is -2.20. The van der Waals surface area contributed by atoms with E-state index in [1.807, 2.05) is 26.8 Å². The highest BCUT2D eigenvalue weighted by atomic mass is 16.3. The SMILES string of the molecule is CCCNc1cc(NC(C)C(C)CO)nc(C)n1. The maximum atomic E-state index is 9.12. The van der Waals surface area contributed by atoms with Crippen LogP contribution >= 0.6 is 0 Å². The molecule has 2 atom stereocenters. The van der Waals surface area contributed by atoms with Gasteiger partial charge in [-0.15, -0.1) is 0 Å². The van der Waals surface area contributed by atoms with E-state index in [0.29, 0.717) is 0 Å². The van der Waals surface area contributed by atoms with Crippen LogP contribution in [-0.4, -0.2) is 34.3 Å². The number of aryl methyl sites for hydroxylation is 1. The molecule has 2 unspecified atom stereocenters. The molecule has 0 saturated carbocycles. The van der Waals surface area contributed by atoms with Gasteiger partial charge in [0, 0.05) is 25.3 Å². The van der Waals surface area contributed by atoms with Crippen LogP contribution in [0.15, 0.2) is 6.07 Å². The summed E-state index contributed by atoms with van der Waals surface area (Å²) in [6, 6.07) is 2.08. The zero-order valence-electron chi connectivity index (χ0n) is 11.7. The highest BCUT2D eigenvalue weighted by molar-refractivity contribution is 5.48. The van der Waals surface area contributed by atoms with E-state index >= 15 is 0 Å². The maximum Gasteiger partial charge on any atom is 0.132 e. The molecular formula is C13H24N4O. The molecule has 5 heteroatoms. The first-order chi connectivity index (χ1) is 8.56. The number of anilines is 2. The summed E-state index contributed by atoms with van der Waals surface area (Å²) in [5.74, 6) is 2.57. The van der Waals surface area contributed by atoms with Crippen molar-refractivity contribution >= 4 is 11.6 Å². The fourth-order valence-electron chi connectivity index (χ4n) is 1.52. The number of nitrogens with one attached hydrogen (secondary N) is 2. The molecule has 102 valence electrons. The molecule has 3 N–H and O–H groups in total. The topological polar surface area (TPSA) is 70.1 Å². The quantitative estimate of drug-likeness (QED) is 0.692. The van der Waals surface area contributed by atoms with E-state index in [9.17, 15) is 0 Å². The van der Waals surface area contributed by atoms with Crippen LogP contribution in [0, 0.1) is 12.8 Å². The van der Waals surface area contributed by atoms with Gasteiger partial charge in [-0.05, 0) is 26.2 Å². The Bertz CT molecular complexity index is 370. The molecule has 0 bridgehead atoms. The average Bonchev–Trinajstić information content (AvgIpc) is 2.34. The Hall–Kier alpha value is -1.36. The molecule has 1 heterocycles. The first kappa shape index (κ1) is 14.7. The fraction of sp³-hybridized carbons (Fsp3) is 0.692. The summed E-state index contributed by atoms with van der Waals surface area (Å²) in [6.45, 7) is 9.10. The van der Waals surface area contributed by atoms with Crippen LogP contribution in [0.1, 0.15) is 33.0 Å².